The number of carbonyl (C=O) groups is 1. The van der Waals surface area contributed by atoms with Crippen molar-refractivity contribution in [3.8, 4) is 6.07 Å². The highest BCUT2D eigenvalue weighted by molar-refractivity contribution is 5.92. The van der Waals surface area contributed by atoms with E-state index in [1.165, 1.54) is 5.57 Å². The second-order valence-corrected chi connectivity index (χ2v) is 8.05. The van der Waals surface area contributed by atoms with Crippen molar-refractivity contribution in [1.29, 1.82) is 5.26 Å². The molecular formula is C26H25N5O2. The minimum absolute atomic E-state index is 0.120. The Labute approximate surface area is 193 Å². The van der Waals surface area contributed by atoms with Gasteiger partial charge >= 0.3 is 0 Å². The Balaban J connectivity index is 1.51. The number of fused-ring (bicyclic) bond motifs is 1. The third kappa shape index (κ3) is 4.57. The maximum atomic E-state index is 11.7. The lowest BCUT2D eigenvalue weighted by atomic mass is 9.94. The maximum Gasteiger partial charge on any atom is 0.248 e. The number of hydrogen-bond acceptors (Lipinski definition) is 6. The van der Waals surface area contributed by atoms with E-state index in [0.717, 1.165) is 40.9 Å². The lowest BCUT2D eigenvalue weighted by Crippen LogP contribution is -2.30. The SMILES string of the molecule is CCC1=Cc2c(C#N)cc(CN3C=CC(=C4C=CC(C(=O)NC)N=C4)CC3)cc2NC1=C=O. The van der Waals surface area contributed by atoms with E-state index in [2.05, 4.69) is 32.7 Å². The Kier molecular flexibility index (Phi) is 6.39. The molecule has 2 N–H and O–H groups in total. The molecule has 0 saturated heterocycles. The van der Waals surface area contributed by atoms with Gasteiger partial charge in [0, 0.05) is 37.6 Å². The summed E-state index contributed by atoms with van der Waals surface area (Å²) in [4.78, 5) is 29.6. The number of nitrogens with one attached hydrogen (secondary N) is 2. The number of hydrogen-bond donors (Lipinski definition) is 2. The molecule has 33 heavy (non-hydrogen) atoms. The zero-order valence-corrected chi connectivity index (χ0v) is 18.7. The fraction of sp³-hybridized carbons (Fsp3) is 0.269. The summed E-state index contributed by atoms with van der Waals surface area (Å²) in [5, 5.41) is 15.4. The normalized spacial score (nSPS) is 21.0. The molecule has 0 bridgehead atoms. The summed E-state index contributed by atoms with van der Waals surface area (Å²) in [6.45, 7) is 3.44. The van der Waals surface area contributed by atoms with Gasteiger partial charge in [-0.15, -0.1) is 0 Å². The molecule has 0 aromatic heterocycles. The van der Waals surface area contributed by atoms with E-state index in [1.807, 2.05) is 49.4 Å². The van der Waals surface area contributed by atoms with E-state index >= 15 is 0 Å². The number of amides is 1. The van der Waals surface area contributed by atoms with Crippen LogP contribution in [-0.4, -0.2) is 42.6 Å². The zero-order valence-electron chi connectivity index (χ0n) is 18.7. The van der Waals surface area contributed by atoms with Crippen LogP contribution < -0.4 is 10.6 Å². The van der Waals surface area contributed by atoms with Crippen molar-refractivity contribution >= 4 is 29.8 Å². The molecule has 4 rings (SSSR count). The van der Waals surface area contributed by atoms with Gasteiger partial charge in [0.2, 0.25) is 5.91 Å². The summed E-state index contributed by atoms with van der Waals surface area (Å²) in [6, 6.07) is 5.73. The van der Waals surface area contributed by atoms with E-state index in [4.69, 9.17) is 0 Å². The standard InChI is InChI=1S/C26H25N5O2/c1-3-18-12-22-21(13-27)10-17(11-24(22)30-25(18)16-32)15-31-8-6-19(7-9-31)20-4-5-23(29-14-20)26(33)28-2/h4-6,8,10-12,14,23,30H,3,7,9,15H2,1-2H3,(H,28,33). The van der Waals surface area contributed by atoms with Crippen LogP contribution >= 0.6 is 0 Å². The van der Waals surface area contributed by atoms with Gasteiger partial charge in [-0.25, -0.2) is 4.79 Å². The van der Waals surface area contributed by atoms with Crippen LogP contribution in [0.4, 0.5) is 5.69 Å². The molecule has 1 aromatic carbocycles. The van der Waals surface area contributed by atoms with Crippen molar-refractivity contribution in [2.75, 3.05) is 18.9 Å². The summed E-state index contributed by atoms with van der Waals surface area (Å²) in [7, 11) is 1.60. The molecule has 7 heteroatoms. The number of nitrogens with zero attached hydrogens (tertiary/aromatic N) is 3. The fourth-order valence-electron chi connectivity index (χ4n) is 4.15. The Bertz CT molecular complexity index is 1220. The monoisotopic (exact) mass is 439 g/mol. The van der Waals surface area contributed by atoms with Crippen molar-refractivity contribution < 1.29 is 9.59 Å². The molecule has 0 spiro atoms. The van der Waals surface area contributed by atoms with Gasteiger partial charge in [0.15, 0.2) is 5.94 Å². The smallest absolute Gasteiger partial charge is 0.248 e. The molecule has 1 atom stereocenters. The number of dihydropyridines is 1. The summed E-state index contributed by atoms with van der Waals surface area (Å²) in [5.41, 5.74) is 6.62. The van der Waals surface area contributed by atoms with Crippen LogP contribution in [0, 0.1) is 11.3 Å². The number of benzene rings is 1. The first-order valence-corrected chi connectivity index (χ1v) is 10.9. The van der Waals surface area contributed by atoms with Crippen LogP contribution in [0.5, 0.6) is 0 Å². The first-order valence-electron chi connectivity index (χ1n) is 10.9. The minimum Gasteiger partial charge on any atom is -0.373 e. The molecule has 0 saturated carbocycles. The van der Waals surface area contributed by atoms with Gasteiger partial charge in [0.1, 0.15) is 11.7 Å². The topological polar surface area (TPSA) is 97.6 Å². The highest BCUT2D eigenvalue weighted by Crippen LogP contribution is 2.33. The molecule has 3 aliphatic heterocycles. The number of rotatable bonds is 4. The third-order valence-electron chi connectivity index (χ3n) is 6.00. The molecular weight excluding hydrogens is 414 g/mol. The summed E-state index contributed by atoms with van der Waals surface area (Å²) < 4.78 is 0. The van der Waals surface area contributed by atoms with E-state index in [-0.39, 0.29) is 5.91 Å². The molecule has 3 aliphatic rings. The summed E-state index contributed by atoms with van der Waals surface area (Å²) >= 11 is 0. The van der Waals surface area contributed by atoms with Crippen molar-refractivity contribution in [1.82, 2.24) is 10.2 Å². The molecule has 3 heterocycles. The van der Waals surface area contributed by atoms with Crippen LogP contribution in [0.25, 0.3) is 6.08 Å². The van der Waals surface area contributed by atoms with Crippen molar-refractivity contribution in [3.63, 3.8) is 0 Å². The quantitative estimate of drug-likeness (QED) is 0.702. The van der Waals surface area contributed by atoms with Gasteiger partial charge < -0.3 is 15.5 Å². The van der Waals surface area contributed by atoms with Crippen LogP contribution in [-0.2, 0) is 16.1 Å². The first kappa shape index (κ1) is 22.1. The van der Waals surface area contributed by atoms with Gasteiger partial charge in [0.05, 0.1) is 11.6 Å². The second kappa shape index (κ2) is 9.56. The summed E-state index contributed by atoms with van der Waals surface area (Å²) in [6.07, 6.45) is 13.1. The van der Waals surface area contributed by atoms with E-state index in [1.54, 1.807) is 13.3 Å². The Morgan fingerprint density at radius 2 is 2.21 bits per heavy atom. The predicted octanol–water partition coefficient (Wildman–Crippen LogP) is 3.26. The minimum atomic E-state index is -0.465. The fourth-order valence-corrected chi connectivity index (χ4v) is 4.15. The van der Waals surface area contributed by atoms with E-state index < -0.39 is 6.04 Å². The average Bonchev–Trinajstić information content (AvgIpc) is 2.87. The molecule has 1 aromatic rings. The summed E-state index contributed by atoms with van der Waals surface area (Å²) in [5.74, 6) is 1.85. The first-order chi connectivity index (χ1) is 16.1. The van der Waals surface area contributed by atoms with Gasteiger partial charge in [0.25, 0.3) is 0 Å². The lowest BCUT2D eigenvalue weighted by Gasteiger charge is -2.27. The molecule has 0 fully saturated rings. The molecule has 7 nitrogen and oxygen atoms in total. The predicted molar refractivity (Wildman–Crippen MR) is 129 cm³/mol. The highest BCUT2D eigenvalue weighted by atomic mass is 16.2. The number of allylic oxidation sites excluding steroid dienone is 4. The molecule has 0 radical (unpaired) electrons. The Hall–Kier alpha value is -4.14. The van der Waals surface area contributed by atoms with Crippen molar-refractivity contribution in [2.45, 2.75) is 32.4 Å². The Morgan fingerprint density at radius 1 is 1.36 bits per heavy atom. The molecule has 0 aliphatic carbocycles. The van der Waals surface area contributed by atoms with Gasteiger partial charge in [-0.1, -0.05) is 19.1 Å². The largest absolute Gasteiger partial charge is 0.373 e. The Morgan fingerprint density at radius 3 is 2.82 bits per heavy atom. The number of anilines is 1. The zero-order chi connectivity index (χ0) is 23.4. The van der Waals surface area contributed by atoms with Gasteiger partial charge in [-0.3, -0.25) is 9.79 Å². The number of aliphatic imine (C=N–C) groups is 1. The van der Waals surface area contributed by atoms with Crippen LogP contribution in [0.15, 0.2) is 64.0 Å². The second-order valence-electron chi connectivity index (χ2n) is 8.05. The van der Waals surface area contributed by atoms with Crippen LogP contribution in [0.2, 0.25) is 0 Å². The maximum absolute atomic E-state index is 11.7. The average molecular weight is 440 g/mol. The lowest BCUT2D eigenvalue weighted by molar-refractivity contribution is -0.120. The van der Waals surface area contributed by atoms with E-state index in [0.29, 0.717) is 24.2 Å². The van der Waals surface area contributed by atoms with E-state index in [9.17, 15) is 14.9 Å². The molecule has 166 valence electrons. The molecule has 1 amide bonds. The van der Waals surface area contributed by atoms with Gasteiger partial charge in [-0.05, 0) is 65.6 Å². The van der Waals surface area contributed by atoms with Crippen LogP contribution in [0.1, 0.15) is 36.5 Å². The van der Waals surface area contributed by atoms with Crippen molar-refractivity contribution in [2.24, 2.45) is 4.99 Å². The number of nitriles is 1. The third-order valence-corrected chi connectivity index (χ3v) is 6.00. The number of carbonyl (C=O) groups excluding carboxylic acids is 2. The van der Waals surface area contributed by atoms with Crippen LogP contribution in [0.3, 0.4) is 0 Å². The van der Waals surface area contributed by atoms with Gasteiger partial charge in [-0.2, -0.15) is 5.26 Å². The van der Waals surface area contributed by atoms with Crippen molar-refractivity contribution in [3.05, 3.63) is 75.7 Å². The number of likely N-dealkylation sites (N-methyl/N-ethyl adjacent to an activating group) is 1. The highest BCUT2D eigenvalue weighted by Gasteiger charge is 2.20. The molecule has 1 unspecified atom stereocenters.